The van der Waals surface area contributed by atoms with Gasteiger partial charge in [-0.05, 0) is 18.2 Å². The van der Waals surface area contributed by atoms with Crippen molar-refractivity contribution in [2.75, 3.05) is 40.5 Å². The van der Waals surface area contributed by atoms with Crippen molar-refractivity contribution in [2.45, 2.75) is 6.10 Å². The number of hydrogen-bond acceptors (Lipinski definition) is 9. The second-order valence-corrected chi connectivity index (χ2v) is 6.94. The van der Waals surface area contributed by atoms with Gasteiger partial charge in [-0.3, -0.25) is 4.79 Å². The first kappa shape index (κ1) is 21.4. The molecule has 0 aliphatic carbocycles. The molecule has 0 radical (unpaired) electrons. The van der Waals surface area contributed by atoms with Gasteiger partial charge in [0.2, 0.25) is 17.7 Å². The summed E-state index contributed by atoms with van der Waals surface area (Å²) < 4.78 is 21.9. The molecule has 0 bridgehead atoms. The molecule has 0 saturated carbocycles. The van der Waals surface area contributed by atoms with E-state index < -0.39 is 0 Å². The van der Waals surface area contributed by atoms with Gasteiger partial charge in [0.15, 0.2) is 0 Å². The molecule has 1 fully saturated rings. The first-order valence-corrected chi connectivity index (χ1v) is 10.0. The van der Waals surface area contributed by atoms with Crippen LogP contribution in [0.5, 0.6) is 17.8 Å². The highest BCUT2D eigenvalue weighted by Gasteiger charge is 2.24. The highest BCUT2D eigenvalue weighted by molar-refractivity contribution is 5.92. The maximum Gasteiger partial charge on any atom is 0.319 e. The van der Waals surface area contributed by atoms with Crippen LogP contribution in [0.3, 0.4) is 0 Å². The van der Waals surface area contributed by atoms with Crippen LogP contribution in [0.25, 0.3) is 17.0 Å². The summed E-state index contributed by atoms with van der Waals surface area (Å²) in [5, 5.41) is 0.831. The molecule has 1 amide bonds. The van der Waals surface area contributed by atoms with Crippen LogP contribution in [-0.2, 0) is 9.53 Å². The molecule has 32 heavy (non-hydrogen) atoms. The number of nitrogens with zero attached hydrogens (tertiary/aromatic N) is 5. The van der Waals surface area contributed by atoms with Gasteiger partial charge in [-0.15, -0.1) is 0 Å². The van der Waals surface area contributed by atoms with Crippen molar-refractivity contribution in [2.24, 2.45) is 0 Å². The molecule has 0 spiro atoms. The number of rotatable bonds is 7. The van der Waals surface area contributed by atoms with Crippen LogP contribution in [-0.4, -0.2) is 77.4 Å². The lowest BCUT2D eigenvalue weighted by molar-refractivity contribution is -0.134. The number of aromatic nitrogens is 4. The molecule has 10 heteroatoms. The van der Waals surface area contributed by atoms with E-state index in [-0.39, 0.29) is 24.6 Å². The molecule has 0 N–H and O–H groups in total. The molecule has 1 saturated heterocycles. The van der Waals surface area contributed by atoms with Gasteiger partial charge < -0.3 is 23.8 Å². The standard InChI is InChI=1S/C22H23N5O5/c1-29-20-15(11-23-22(26-20)30-2)7-8-19(28)27-9-10-31-16(12-27)13-32-21-17-5-3-4-6-18(17)24-14-25-21/h3-8,11,14,16H,9-10,12-13H2,1-2H3. The molecule has 4 rings (SSSR count). The van der Waals surface area contributed by atoms with E-state index in [1.807, 2.05) is 24.3 Å². The van der Waals surface area contributed by atoms with Crippen LogP contribution in [0.4, 0.5) is 0 Å². The van der Waals surface area contributed by atoms with E-state index in [9.17, 15) is 4.79 Å². The highest BCUT2D eigenvalue weighted by atomic mass is 16.5. The van der Waals surface area contributed by atoms with Crippen LogP contribution in [0.1, 0.15) is 5.56 Å². The second kappa shape index (κ2) is 10.0. The normalized spacial score (nSPS) is 16.3. The van der Waals surface area contributed by atoms with E-state index in [1.54, 1.807) is 11.0 Å². The number of amides is 1. The lowest BCUT2D eigenvalue weighted by atomic mass is 10.2. The van der Waals surface area contributed by atoms with Gasteiger partial charge in [0.05, 0.1) is 43.8 Å². The van der Waals surface area contributed by atoms with Crippen molar-refractivity contribution in [1.29, 1.82) is 0 Å². The minimum absolute atomic E-state index is 0.149. The zero-order valence-electron chi connectivity index (χ0n) is 17.8. The number of carbonyl (C=O) groups is 1. The SMILES string of the molecule is COc1ncc(C=CC(=O)N2CCOC(COc3ncnc4ccccc34)C2)c(OC)n1. The summed E-state index contributed by atoms with van der Waals surface area (Å²) in [5.74, 6) is 0.670. The molecule has 2 aromatic heterocycles. The highest BCUT2D eigenvalue weighted by Crippen LogP contribution is 2.21. The zero-order valence-corrected chi connectivity index (χ0v) is 17.8. The van der Waals surface area contributed by atoms with E-state index in [1.165, 1.54) is 32.8 Å². The van der Waals surface area contributed by atoms with Crippen molar-refractivity contribution in [3.8, 4) is 17.8 Å². The number of hydrogen-bond donors (Lipinski definition) is 0. The lowest BCUT2D eigenvalue weighted by Crippen LogP contribution is -2.47. The van der Waals surface area contributed by atoms with Crippen molar-refractivity contribution >= 4 is 22.9 Å². The maximum absolute atomic E-state index is 12.7. The van der Waals surface area contributed by atoms with Gasteiger partial charge in [-0.25, -0.2) is 15.0 Å². The van der Waals surface area contributed by atoms with Crippen LogP contribution in [0, 0.1) is 0 Å². The van der Waals surface area contributed by atoms with Gasteiger partial charge in [0, 0.05) is 18.8 Å². The molecule has 1 unspecified atom stereocenters. The Kier molecular flexibility index (Phi) is 6.71. The second-order valence-electron chi connectivity index (χ2n) is 6.94. The fourth-order valence-electron chi connectivity index (χ4n) is 3.29. The van der Waals surface area contributed by atoms with E-state index in [2.05, 4.69) is 19.9 Å². The zero-order chi connectivity index (χ0) is 22.3. The molecule has 3 aromatic rings. The van der Waals surface area contributed by atoms with Crippen molar-refractivity contribution in [1.82, 2.24) is 24.8 Å². The van der Waals surface area contributed by atoms with E-state index >= 15 is 0 Å². The van der Waals surface area contributed by atoms with E-state index in [0.717, 1.165) is 10.9 Å². The smallest absolute Gasteiger partial charge is 0.319 e. The van der Waals surface area contributed by atoms with Gasteiger partial charge in [0.25, 0.3) is 0 Å². The summed E-state index contributed by atoms with van der Waals surface area (Å²) in [6.45, 7) is 1.59. The Hall–Kier alpha value is -3.79. The van der Waals surface area contributed by atoms with Gasteiger partial charge in [0.1, 0.15) is 19.0 Å². The molecule has 1 aliphatic rings. The number of ether oxygens (including phenoxy) is 4. The molecule has 3 heterocycles. The van der Waals surface area contributed by atoms with Crippen LogP contribution in [0.15, 0.2) is 42.9 Å². The quantitative estimate of drug-likeness (QED) is 0.511. The molecular weight excluding hydrogens is 414 g/mol. The average molecular weight is 437 g/mol. The summed E-state index contributed by atoms with van der Waals surface area (Å²) in [6, 6.07) is 7.82. The topological polar surface area (TPSA) is 109 Å². The van der Waals surface area contributed by atoms with Gasteiger partial charge >= 0.3 is 6.01 Å². The molecular formula is C22H23N5O5. The average Bonchev–Trinajstić information content (AvgIpc) is 2.86. The third-order valence-corrected chi connectivity index (χ3v) is 4.90. The molecule has 10 nitrogen and oxygen atoms in total. The molecule has 1 aromatic carbocycles. The van der Waals surface area contributed by atoms with Gasteiger partial charge in [-0.2, -0.15) is 4.98 Å². The minimum atomic E-state index is -0.270. The Morgan fingerprint density at radius 2 is 2.06 bits per heavy atom. The molecule has 1 aliphatic heterocycles. The summed E-state index contributed by atoms with van der Waals surface area (Å²) >= 11 is 0. The Labute approximate surface area is 184 Å². The number of methoxy groups -OCH3 is 2. The Balaban J connectivity index is 1.37. The number of carbonyl (C=O) groups excluding carboxylic acids is 1. The fraction of sp³-hybridized carbons (Fsp3) is 0.318. The number of benzene rings is 1. The summed E-state index contributed by atoms with van der Waals surface area (Å²) in [7, 11) is 2.97. The summed E-state index contributed by atoms with van der Waals surface area (Å²) in [6.07, 6.45) is 5.82. The molecule has 166 valence electrons. The van der Waals surface area contributed by atoms with E-state index in [0.29, 0.717) is 37.0 Å². The van der Waals surface area contributed by atoms with Crippen LogP contribution < -0.4 is 14.2 Å². The first-order chi connectivity index (χ1) is 15.7. The molecule has 1 atom stereocenters. The fourth-order valence-corrected chi connectivity index (χ4v) is 3.29. The number of para-hydroxylation sites is 1. The maximum atomic E-state index is 12.7. The minimum Gasteiger partial charge on any atom is -0.480 e. The summed E-state index contributed by atoms with van der Waals surface area (Å²) in [4.78, 5) is 31.0. The van der Waals surface area contributed by atoms with E-state index in [4.69, 9.17) is 18.9 Å². The Morgan fingerprint density at radius 3 is 2.91 bits per heavy atom. The van der Waals surface area contributed by atoms with Crippen molar-refractivity contribution < 1.29 is 23.7 Å². The third kappa shape index (κ3) is 4.92. The summed E-state index contributed by atoms with van der Waals surface area (Å²) in [5.41, 5.74) is 1.38. The monoisotopic (exact) mass is 437 g/mol. The van der Waals surface area contributed by atoms with Crippen molar-refractivity contribution in [3.63, 3.8) is 0 Å². The Morgan fingerprint density at radius 1 is 1.19 bits per heavy atom. The van der Waals surface area contributed by atoms with Crippen LogP contribution >= 0.6 is 0 Å². The number of morpholine rings is 1. The first-order valence-electron chi connectivity index (χ1n) is 10.0. The Bertz CT molecular complexity index is 1120. The lowest BCUT2D eigenvalue weighted by Gasteiger charge is -2.32. The largest absolute Gasteiger partial charge is 0.480 e. The van der Waals surface area contributed by atoms with Gasteiger partial charge in [-0.1, -0.05) is 12.1 Å². The third-order valence-electron chi connectivity index (χ3n) is 4.90. The van der Waals surface area contributed by atoms with Crippen LogP contribution in [0.2, 0.25) is 0 Å². The predicted molar refractivity (Wildman–Crippen MR) is 116 cm³/mol. The van der Waals surface area contributed by atoms with Crippen molar-refractivity contribution in [3.05, 3.63) is 48.4 Å². The predicted octanol–water partition coefficient (Wildman–Crippen LogP) is 1.76. The number of fused-ring (bicyclic) bond motifs is 1.